The van der Waals surface area contributed by atoms with Crippen LogP contribution in [0.3, 0.4) is 0 Å². The molecule has 2 rings (SSSR count). The van der Waals surface area contributed by atoms with Crippen LogP contribution in [0.15, 0.2) is 0 Å². The maximum absolute atomic E-state index is 11.4. The highest BCUT2D eigenvalue weighted by atomic mass is 16.4. The summed E-state index contributed by atoms with van der Waals surface area (Å²) in [5, 5.41) is 9.35. The molecule has 2 aliphatic rings. The van der Waals surface area contributed by atoms with Gasteiger partial charge in [0.05, 0.1) is 5.41 Å². The molecule has 1 aliphatic heterocycles. The number of likely N-dealkylation sites (tertiary alicyclic amines) is 1. The normalized spacial score (nSPS) is 33.7. The Hall–Kier alpha value is -0.570. The Labute approximate surface area is 91.5 Å². The largest absolute Gasteiger partial charge is 0.481 e. The lowest BCUT2D eigenvalue weighted by Gasteiger charge is -2.46. The molecule has 0 aromatic rings. The molecule has 3 nitrogen and oxygen atoms in total. The Morgan fingerprint density at radius 2 is 2.20 bits per heavy atom. The summed E-state index contributed by atoms with van der Waals surface area (Å²) in [6.45, 7) is 3.90. The minimum atomic E-state index is -0.589. The molecule has 3 heteroatoms. The average molecular weight is 211 g/mol. The number of nitrogens with zero attached hydrogens (tertiary/aromatic N) is 1. The van der Waals surface area contributed by atoms with Crippen LogP contribution in [0.25, 0.3) is 0 Å². The van der Waals surface area contributed by atoms with E-state index in [1.807, 2.05) is 6.92 Å². The van der Waals surface area contributed by atoms with E-state index >= 15 is 0 Å². The topological polar surface area (TPSA) is 40.5 Å². The van der Waals surface area contributed by atoms with E-state index in [0.717, 1.165) is 32.4 Å². The van der Waals surface area contributed by atoms with Crippen LogP contribution in [-0.2, 0) is 4.79 Å². The van der Waals surface area contributed by atoms with Gasteiger partial charge in [-0.1, -0.05) is 13.3 Å². The highest BCUT2D eigenvalue weighted by molar-refractivity contribution is 5.75. The van der Waals surface area contributed by atoms with Crippen molar-refractivity contribution < 1.29 is 9.90 Å². The molecule has 1 saturated carbocycles. The molecule has 1 atom stereocenters. The lowest BCUT2D eigenvalue weighted by molar-refractivity contribution is -0.154. The molecule has 0 spiro atoms. The molecule has 2 fully saturated rings. The summed E-state index contributed by atoms with van der Waals surface area (Å²) in [6, 6.07) is 0.690. The highest BCUT2D eigenvalue weighted by Crippen LogP contribution is 2.37. The standard InChI is InChI=1S/C12H21NO2/c1-2-12(11(14)15)7-4-8-13(9-12)10-5-3-6-10/h10H,2-9H2,1H3,(H,14,15). The maximum Gasteiger partial charge on any atom is 0.310 e. The van der Waals surface area contributed by atoms with Crippen molar-refractivity contribution in [3.8, 4) is 0 Å². The molecule has 1 aliphatic carbocycles. The van der Waals surface area contributed by atoms with Crippen LogP contribution in [0.4, 0.5) is 0 Å². The predicted molar refractivity (Wildman–Crippen MR) is 58.8 cm³/mol. The first-order valence-electron chi connectivity index (χ1n) is 6.15. The van der Waals surface area contributed by atoms with Gasteiger partial charge < -0.3 is 5.11 Å². The second-order valence-corrected chi connectivity index (χ2v) is 5.10. The SMILES string of the molecule is CCC1(C(=O)O)CCCN(C2CCC2)C1. The van der Waals surface area contributed by atoms with Crippen LogP contribution in [0, 0.1) is 5.41 Å². The zero-order chi connectivity index (χ0) is 10.9. The van der Waals surface area contributed by atoms with Crippen LogP contribution >= 0.6 is 0 Å². The van der Waals surface area contributed by atoms with Crippen LogP contribution in [-0.4, -0.2) is 35.1 Å². The number of carboxylic acid groups (broad SMARTS) is 1. The van der Waals surface area contributed by atoms with Gasteiger partial charge >= 0.3 is 5.97 Å². The lowest BCUT2D eigenvalue weighted by Crippen LogP contribution is -2.52. The molecule has 0 radical (unpaired) electrons. The molecule has 86 valence electrons. The molecule has 0 bridgehead atoms. The molecule has 1 saturated heterocycles. The van der Waals surface area contributed by atoms with Crippen molar-refractivity contribution in [1.29, 1.82) is 0 Å². The molecule has 0 amide bonds. The quantitative estimate of drug-likeness (QED) is 0.777. The summed E-state index contributed by atoms with van der Waals surface area (Å²) in [5.74, 6) is -0.589. The Kier molecular flexibility index (Phi) is 3.01. The van der Waals surface area contributed by atoms with Crippen LogP contribution < -0.4 is 0 Å². The van der Waals surface area contributed by atoms with Gasteiger partial charge in [0.1, 0.15) is 0 Å². The van der Waals surface area contributed by atoms with E-state index in [1.165, 1.54) is 19.3 Å². The van der Waals surface area contributed by atoms with Gasteiger partial charge in [-0.2, -0.15) is 0 Å². The van der Waals surface area contributed by atoms with Crippen molar-refractivity contribution in [2.45, 2.75) is 51.5 Å². The summed E-state index contributed by atoms with van der Waals surface area (Å²) < 4.78 is 0. The molecule has 0 aromatic carbocycles. The fourth-order valence-electron chi connectivity index (χ4n) is 2.85. The number of aliphatic carboxylic acids is 1. The number of hydrogen-bond acceptors (Lipinski definition) is 2. The van der Waals surface area contributed by atoms with Crippen LogP contribution in [0.1, 0.15) is 45.4 Å². The molecular formula is C12H21NO2. The van der Waals surface area contributed by atoms with E-state index in [4.69, 9.17) is 0 Å². The van der Waals surface area contributed by atoms with Gasteiger partial charge in [-0.3, -0.25) is 9.69 Å². The van der Waals surface area contributed by atoms with Gasteiger partial charge in [0.2, 0.25) is 0 Å². The molecule has 1 heterocycles. The Morgan fingerprint density at radius 1 is 1.47 bits per heavy atom. The number of carboxylic acids is 1. The van der Waals surface area contributed by atoms with Gasteiger partial charge in [0.15, 0.2) is 0 Å². The third-order valence-corrected chi connectivity index (χ3v) is 4.33. The first-order valence-corrected chi connectivity index (χ1v) is 6.15. The predicted octanol–water partition coefficient (Wildman–Crippen LogP) is 2.12. The van der Waals surface area contributed by atoms with Crippen molar-refractivity contribution in [2.75, 3.05) is 13.1 Å². The van der Waals surface area contributed by atoms with Gasteiger partial charge in [0, 0.05) is 12.6 Å². The molecule has 1 N–H and O–H groups in total. The number of piperidine rings is 1. The Morgan fingerprint density at radius 3 is 2.67 bits per heavy atom. The summed E-state index contributed by atoms with van der Waals surface area (Å²) in [7, 11) is 0. The minimum absolute atomic E-state index is 0.451. The molecule has 1 unspecified atom stereocenters. The fraction of sp³-hybridized carbons (Fsp3) is 0.917. The second kappa shape index (κ2) is 4.12. The van der Waals surface area contributed by atoms with Crippen LogP contribution in [0.2, 0.25) is 0 Å². The van der Waals surface area contributed by atoms with E-state index < -0.39 is 11.4 Å². The van der Waals surface area contributed by atoms with Crippen molar-refractivity contribution in [3.05, 3.63) is 0 Å². The Bertz CT molecular complexity index is 250. The van der Waals surface area contributed by atoms with E-state index in [-0.39, 0.29) is 0 Å². The Balaban J connectivity index is 2.03. The monoisotopic (exact) mass is 211 g/mol. The molecular weight excluding hydrogens is 190 g/mol. The van der Waals surface area contributed by atoms with Crippen molar-refractivity contribution in [1.82, 2.24) is 4.90 Å². The molecule has 0 aromatic heterocycles. The number of carbonyl (C=O) groups is 1. The van der Waals surface area contributed by atoms with Crippen molar-refractivity contribution in [2.24, 2.45) is 5.41 Å². The average Bonchev–Trinajstić information content (AvgIpc) is 2.15. The van der Waals surface area contributed by atoms with Crippen molar-refractivity contribution >= 4 is 5.97 Å². The zero-order valence-electron chi connectivity index (χ0n) is 9.54. The summed E-state index contributed by atoms with van der Waals surface area (Å²) in [6.07, 6.45) is 6.57. The van der Waals surface area contributed by atoms with E-state index in [0.29, 0.717) is 6.04 Å². The summed E-state index contributed by atoms with van der Waals surface area (Å²) >= 11 is 0. The maximum atomic E-state index is 11.4. The van der Waals surface area contributed by atoms with Crippen LogP contribution in [0.5, 0.6) is 0 Å². The number of hydrogen-bond donors (Lipinski definition) is 1. The lowest BCUT2D eigenvalue weighted by atomic mass is 9.76. The van der Waals surface area contributed by atoms with Gasteiger partial charge in [0.25, 0.3) is 0 Å². The first kappa shape index (κ1) is 10.9. The first-order chi connectivity index (χ1) is 7.18. The third-order valence-electron chi connectivity index (χ3n) is 4.33. The third kappa shape index (κ3) is 1.89. The summed E-state index contributed by atoms with van der Waals surface area (Å²) in [5.41, 5.74) is -0.451. The highest BCUT2D eigenvalue weighted by Gasteiger charge is 2.43. The van der Waals surface area contributed by atoms with Gasteiger partial charge in [-0.15, -0.1) is 0 Å². The van der Waals surface area contributed by atoms with Gasteiger partial charge in [-0.25, -0.2) is 0 Å². The zero-order valence-corrected chi connectivity index (χ0v) is 9.54. The smallest absolute Gasteiger partial charge is 0.310 e. The molecule has 15 heavy (non-hydrogen) atoms. The fourth-order valence-corrected chi connectivity index (χ4v) is 2.85. The minimum Gasteiger partial charge on any atom is -0.481 e. The van der Waals surface area contributed by atoms with Gasteiger partial charge in [-0.05, 0) is 38.6 Å². The van der Waals surface area contributed by atoms with E-state index in [2.05, 4.69) is 4.90 Å². The number of rotatable bonds is 3. The summed E-state index contributed by atoms with van der Waals surface area (Å²) in [4.78, 5) is 13.8. The van der Waals surface area contributed by atoms with Crippen molar-refractivity contribution in [3.63, 3.8) is 0 Å². The second-order valence-electron chi connectivity index (χ2n) is 5.10. The van der Waals surface area contributed by atoms with E-state index in [1.54, 1.807) is 0 Å². The van der Waals surface area contributed by atoms with E-state index in [9.17, 15) is 9.90 Å².